The zero-order chi connectivity index (χ0) is 15.7. The molecule has 0 spiro atoms. The van der Waals surface area contributed by atoms with Gasteiger partial charge in [-0.15, -0.1) is 0 Å². The summed E-state index contributed by atoms with van der Waals surface area (Å²) in [5.41, 5.74) is 0.634. The highest BCUT2D eigenvalue weighted by Gasteiger charge is 2.32. The molecule has 0 aromatic carbocycles. The lowest BCUT2D eigenvalue weighted by molar-refractivity contribution is 0.285. The lowest BCUT2D eigenvalue weighted by Crippen LogP contribution is -2.38. The van der Waals surface area contributed by atoms with Gasteiger partial charge in [0.2, 0.25) is 10.0 Å². The van der Waals surface area contributed by atoms with Crippen molar-refractivity contribution < 1.29 is 8.42 Å². The van der Waals surface area contributed by atoms with Crippen LogP contribution >= 0.6 is 0 Å². The summed E-state index contributed by atoms with van der Waals surface area (Å²) < 4.78 is 29.4. The third kappa shape index (κ3) is 2.95. The Balaban J connectivity index is 1.84. The van der Waals surface area contributed by atoms with E-state index in [-0.39, 0.29) is 6.04 Å². The molecule has 2 saturated carbocycles. The van der Waals surface area contributed by atoms with Crippen LogP contribution < -0.4 is 0 Å². The van der Waals surface area contributed by atoms with Gasteiger partial charge in [0, 0.05) is 19.3 Å². The van der Waals surface area contributed by atoms with Crippen LogP contribution in [0.2, 0.25) is 0 Å². The topological polar surface area (TPSA) is 55.2 Å². The highest BCUT2D eigenvalue weighted by atomic mass is 32.2. The largest absolute Gasteiger partial charge is 0.268 e. The lowest BCUT2D eigenvalue weighted by atomic mass is 9.96. The fourth-order valence-corrected chi connectivity index (χ4v) is 5.44. The maximum absolute atomic E-state index is 13.0. The molecule has 0 aliphatic heterocycles. The quantitative estimate of drug-likeness (QED) is 0.854. The number of nitrogens with zero attached hydrogens (tertiary/aromatic N) is 3. The smallest absolute Gasteiger partial charge is 0.246 e. The van der Waals surface area contributed by atoms with Gasteiger partial charge in [0.1, 0.15) is 4.90 Å². The van der Waals surface area contributed by atoms with Crippen molar-refractivity contribution in [2.45, 2.75) is 81.7 Å². The first-order valence-corrected chi connectivity index (χ1v) is 9.98. The summed E-state index contributed by atoms with van der Waals surface area (Å²) in [6, 6.07) is 0.524. The van der Waals surface area contributed by atoms with Crippen LogP contribution in [0, 0.1) is 6.92 Å². The van der Waals surface area contributed by atoms with E-state index in [9.17, 15) is 8.42 Å². The van der Waals surface area contributed by atoms with Gasteiger partial charge in [-0.05, 0) is 32.6 Å². The minimum absolute atomic E-state index is 0.146. The molecule has 2 aliphatic rings. The van der Waals surface area contributed by atoms with E-state index in [0.29, 0.717) is 16.6 Å². The highest BCUT2D eigenvalue weighted by Crippen LogP contribution is 2.32. The Kier molecular flexibility index (Phi) is 4.59. The van der Waals surface area contributed by atoms with Crippen molar-refractivity contribution in [2.24, 2.45) is 0 Å². The number of rotatable bonds is 4. The van der Waals surface area contributed by atoms with E-state index in [1.807, 2.05) is 11.6 Å². The fourth-order valence-electron chi connectivity index (χ4n) is 3.87. The van der Waals surface area contributed by atoms with Gasteiger partial charge < -0.3 is 0 Å². The molecule has 1 aromatic heterocycles. The zero-order valence-electron chi connectivity index (χ0n) is 13.7. The molecule has 0 saturated heterocycles. The predicted octanol–water partition coefficient (Wildman–Crippen LogP) is 3.26. The van der Waals surface area contributed by atoms with E-state index in [1.165, 1.54) is 19.3 Å². The molecule has 2 fully saturated rings. The van der Waals surface area contributed by atoms with E-state index < -0.39 is 10.0 Å². The van der Waals surface area contributed by atoms with Crippen LogP contribution in [0.15, 0.2) is 11.1 Å². The Morgan fingerprint density at radius 1 is 1.09 bits per heavy atom. The van der Waals surface area contributed by atoms with Gasteiger partial charge in [-0.3, -0.25) is 4.68 Å². The Morgan fingerprint density at radius 2 is 1.68 bits per heavy atom. The second-order valence-electron chi connectivity index (χ2n) is 6.81. The van der Waals surface area contributed by atoms with E-state index in [1.54, 1.807) is 17.5 Å². The first-order valence-electron chi connectivity index (χ1n) is 8.54. The lowest BCUT2D eigenvalue weighted by Gasteiger charge is -2.30. The van der Waals surface area contributed by atoms with Crippen molar-refractivity contribution in [1.82, 2.24) is 14.1 Å². The van der Waals surface area contributed by atoms with Crippen molar-refractivity contribution >= 4 is 10.0 Å². The Bertz CT molecular complexity index is 611. The summed E-state index contributed by atoms with van der Waals surface area (Å²) in [6.45, 7) is 1.81. The highest BCUT2D eigenvalue weighted by molar-refractivity contribution is 7.89. The molecule has 0 bridgehead atoms. The monoisotopic (exact) mass is 325 g/mol. The van der Waals surface area contributed by atoms with Crippen LogP contribution in [0.1, 0.15) is 69.5 Å². The van der Waals surface area contributed by atoms with E-state index in [0.717, 1.165) is 38.5 Å². The second kappa shape index (κ2) is 6.32. The summed E-state index contributed by atoms with van der Waals surface area (Å²) in [5.74, 6) is 0. The third-order valence-electron chi connectivity index (χ3n) is 5.32. The van der Waals surface area contributed by atoms with E-state index in [2.05, 4.69) is 5.10 Å². The Labute approximate surface area is 133 Å². The normalized spacial score (nSPS) is 21.8. The summed E-state index contributed by atoms with van der Waals surface area (Å²) in [4.78, 5) is 0.396. The van der Waals surface area contributed by atoms with Crippen LogP contribution in [-0.4, -0.2) is 35.6 Å². The molecule has 1 heterocycles. The minimum Gasteiger partial charge on any atom is -0.268 e. The van der Waals surface area contributed by atoms with Gasteiger partial charge in [-0.2, -0.15) is 9.40 Å². The average molecular weight is 325 g/mol. The van der Waals surface area contributed by atoms with Crippen LogP contribution in [0.3, 0.4) is 0 Å². The third-order valence-corrected chi connectivity index (χ3v) is 7.33. The molecule has 0 atom stereocenters. The van der Waals surface area contributed by atoms with E-state index >= 15 is 0 Å². The SMILES string of the molecule is Cc1nn(C2CCCC2)cc1S(=O)(=O)N(C)C1CCCCC1. The van der Waals surface area contributed by atoms with Crippen molar-refractivity contribution in [3.63, 3.8) is 0 Å². The summed E-state index contributed by atoms with van der Waals surface area (Å²) in [6.07, 6.45) is 11.9. The second-order valence-corrected chi connectivity index (χ2v) is 8.78. The predicted molar refractivity (Wildman–Crippen MR) is 86.3 cm³/mol. The zero-order valence-corrected chi connectivity index (χ0v) is 14.5. The maximum Gasteiger partial charge on any atom is 0.246 e. The van der Waals surface area contributed by atoms with E-state index in [4.69, 9.17) is 0 Å². The van der Waals surface area contributed by atoms with Crippen molar-refractivity contribution in [3.05, 3.63) is 11.9 Å². The fraction of sp³-hybridized carbons (Fsp3) is 0.812. The number of aryl methyl sites for hydroxylation is 1. The van der Waals surface area contributed by atoms with Crippen LogP contribution in [0.4, 0.5) is 0 Å². The number of hydrogen-bond acceptors (Lipinski definition) is 3. The molecule has 0 unspecified atom stereocenters. The Hall–Kier alpha value is -0.880. The molecule has 0 radical (unpaired) electrons. The Morgan fingerprint density at radius 3 is 2.32 bits per heavy atom. The standard InChI is InChI=1S/C16H27N3O2S/c1-13-16(12-19(17-13)15-10-6-7-11-15)22(20,21)18(2)14-8-4-3-5-9-14/h12,14-15H,3-11H2,1-2H3. The molecular formula is C16H27N3O2S. The van der Waals surface area contributed by atoms with Gasteiger partial charge in [-0.25, -0.2) is 8.42 Å². The van der Waals surface area contributed by atoms with Crippen molar-refractivity contribution in [1.29, 1.82) is 0 Å². The molecule has 6 heteroatoms. The molecule has 3 rings (SSSR count). The van der Waals surface area contributed by atoms with Gasteiger partial charge >= 0.3 is 0 Å². The van der Waals surface area contributed by atoms with Gasteiger partial charge in [-0.1, -0.05) is 32.1 Å². The molecule has 1 aromatic rings. The molecule has 124 valence electrons. The van der Waals surface area contributed by atoms with Crippen molar-refractivity contribution in [2.75, 3.05) is 7.05 Å². The maximum atomic E-state index is 13.0. The van der Waals surface area contributed by atoms with Crippen LogP contribution in [0.5, 0.6) is 0 Å². The first kappa shape index (κ1) is 16.0. The van der Waals surface area contributed by atoms with Crippen LogP contribution in [-0.2, 0) is 10.0 Å². The average Bonchev–Trinajstić information content (AvgIpc) is 3.16. The minimum atomic E-state index is -3.43. The van der Waals surface area contributed by atoms with Gasteiger partial charge in [0.05, 0.1) is 11.7 Å². The molecule has 2 aliphatic carbocycles. The molecule has 22 heavy (non-hydrogen) atoms. The molecular weight excluding hydrogens is 298 g/mol. The van der Waals surface area contributed by atoms with Gasteiger partial charge in [0.25, 0.3) is 0 Å². The number of aromatic nitrogens is 2. The molecule has 0 amide bonds. The molecule has 5 nitrogen and oxygen atoms in total. The molecule has 0 N–H and O–H groups in total. The van der Waals surface area contributed by atoms with Crippen LogP contribution in [0.25, 0.3) is 0 Å². The number of hydrogen-bond donors (Lipinski definition) is 0. The summed E-state index contributed by atoms with van der Waals surface area (Å²) in [5, 5.41) is 4.50. The van der Waals surface area contributed by atoms with Crippen molar-refractivity contribution in [3.8, 4) is 0 Å². The summed E-state index contributed by atoms with van der Waals surface area (Å²) in [7, 11) is -1.69. The first-order chi connectivity index (χ1) is 10.5. The number of sulfonamides is 1. The van der Waals surface area contributed by atoms with Gasteiger partial charge in [0.15, 0.2) is 0 Å². The summed E-state index contributed by atoms with van der Waals surface area (Å²) >= 11 is 0.